The highest BCUT2D eigenvalue weighted by molar-refractivity contribution is 8.67. The van der Waals surface area contributed by atoms with Crippen molar-refractivity contribution in [2.24, 2.45) is 0 Å². The molecule has 0 bridgehead atoms. The van der Waals surface area contributed by atoms with Gasteiger partial charge in [-0.25, -0.2) is 9.59 Å². The van der Waals surface area contributed by atoms with Gasteiger partial charge in [0.2, 0.25) is 0 Å². The van der Waals surface area contributed by atoms with E-state index < -0.39 is 23.4 Å². The van der Waals surface area contributed by atoms with Gasteiger partial charge < -0.3 is 9.47 Å². The number of imide groups is 1. The highest BCUT2D eigenvalue weighted by atomic mass is 33.1. The van der Waals surface area contributed by atoms with E-state index in [1.54, 1.807) is 41.5 Å². The predicted octanol–water partition coefficient (Wildman–Crippen LogP) is 3.65. The van der Waals surface area contributed by atoms with Crippen LogP contribution < -0.4 is 0 Å². The van der Waals surface area contributed by atoms with Crippen molar-refractivity contribution >= 4 is 34.8 Å². The quantitative estimate of drug-likeness (QED) is 0.451. The summed E-state index contributed by atoms with van der Waals surface area (Å²) in [7, 11) is 0.646. The Morgan fingerprint density at radius 3 is 1.41 bits per heavy atom. The van der Waals surface area contributed by atoms with Crippen molar-refractivity contribution < 1.29 is 19.1 Å². The molecule has 5 nitrogen and oxygen atoms in total. The van der Waals surface area contributed by atoms with Crippen LogP contribution in [0.4, 0.5) is 9.59 Å². The molecule has 0 spiro atoms. The monoisotopic (exact) mass is 281 g/mol. The molecule has 100 valence electrons. The third-order valence-electron chi connectivity index (χ3n) is 1.20. The molecule has 0 unspecified atom stereocenters. The highest BCUT2D eigenvalue weighted by Gasteiger charge is 2.31. The van der Waals surface area contributed by atoms with Gasteiger partial charge in [-0.2, -0.15) is 0 Å². The zero-order chi connectivity index (χ0) is 13.9. The number of hydrogen-bond donors (Lipinski definition) is 1. The van der Waals surface area contributed by atoms with Crippen LogP contribution in [0, 0.1) is 0 Å². The van der Waals surface area contributed by atoms with Crippen molar-refractivity contribution in [3.05, 3.63) is 0 Å². The Morgan fingerprint density at radius 1 is 0.941 bits per heavy atom. The van der Waals surface area contributed by atoms with Gasteiger partial charge in [0.25, 0.3) is 0 Å². The molecule has 0 saturated carbocycles. The summed E-state index contributed by atoms with van der Waals surface area (Å²) >= 11 is 3.83. The highest BCUT2D eigenvalue weighted by Crippen LogP contribution is 2.22. The number of nitrogens with zero attached hydrogens (tertiary/aromatic N) is 1. The van der Waals surface area contributed by atoms with Crippen LogP contribution in [0.2, 0.25) is 0 Å². The molecule has 0 atom stereocenters. The molecule has 0 aliphatic heterocycles. The fourth-order valence-corrected chi connectivity index (χ4v) is 1.36. The summed E-state index contributed by atoms with van der Waals surface area (Å²) in [5.74, 6) is 0. The summed E-state index contributed by atoms with van der Waals surface area (Å²) in [4.78, 5) is 23.3. The lowest BCUT2D eigenvalue weighted by Gasteiger charge is -2.26. The van der Waals surface area contributed by atoms with E-state index in [4.69, 9.17) is 9.47 Å². The zero-order valence-electron chi connectivity index (χ0n) is 10.9. The molecule has 2 amide bonds. The van der Waals surface area contributed by atoms with Crippen molar-refractivity contribution in [2.75, 3.05) is 0 Å². The van der Waals surface area contributed by atoms with Gasteiger partial charge in [-0.15, -0.1) is 4.31 Å². The van der Waals surface area contributed by atoms with E-state index in [2.05, 4.69) is 11.7 Å². The minimum atomic E-state index is -0.799. The molecule has 0 rings (SSSR count). The number of amides is 2. The van der Waals surface area contributed by atoms with Gasteiger partial charge in [0.1, 0.15) is 11.2 Å². The van der Waals surface area contributed by atoms with Gasteiger partial charge in [0, 0.05) is 11.0 Å². The number of carbonyl (C=O) groups excluding carboxylic acids is 2. The minimum absolute atomic E-state index is 0.646. The number of thiol groups is 1. The lowest BCUT2D eigenvalue weighted by molar-refractivity contribution is 0.0193. The van der Waals surface area contributed by atoms with Crippen molar-refractivity contribution in [3.8, 4) is 0 Å². The maximum Gasteiger partial charge on any atom is 0.430 e. The van der Waals surface area contributed by atoms with Crippen molar-refractivity contribution in [3.63, 3.8) is 0 Å². The van der Waals surface area contributed by atoms with Crippen molar-refractivity contribution in [2.45, 2.75) is 52.7 Å². The van der Waals surface area contributed by atoms with Crippen LogP contribution in [-0.4, -0.2) is 27.7 Å². The van der Waals surface area contributed by atoms with E-state index in [0.717, 1.165) is 4.31 Å². The van der Waals surface area contributed by atoms with Crippen LogP contribution >= 0.6 is 22.6 Å². The summed E-state index contributed by atoms with van der Waals surface area (Å²) in [5, 5.41) is 0. The molecule has 0 aromatic carbocycles. The topological polar surface area (TPSA) is 55.8 Å². The normalized spacial score (nSPS) is 11.9. The number of rotatable bonds is 1. The maximum atomic E-state index is 11.7. The van der Waals surface area contributed by atoms with E-state index in [1.807, 2.05) is 0 Å². The SMILES string of the molecule is CC(C)(C)OC(=O)N(SS)C(=O)OC(C)(C)C. The van der Waals surface area contributed by atoms with E-state index >= 15 is 0 Å². The third-order valence-corrected chi connectivity index (χ3v) is 2.15. The summed E-state index contributed by atoms with van der Waals surface area (Å²) in [6.07, 6.45) is -1.60. The first kappa shape index (κ1) is 16.4. The Kier molecular flexibility index (Phi) is 5.67. The minimum Gasteiger partial charge on any atom is -0.443 e. The molecule has 0 N–H and O–H groups in total. The molecule has 0 aromatic rings. The zero-order valence-corrected chi connectivity index (χ0v) is 12.6. The molecular weight excluding hydrogens is 262 g/mol. The second-order valence-electron chi connectivity index (χ2n) is 5.34. The van der Waals surface area contributed by atoms with E-state index in [9.17, 15) is 9.59 Å². The van der Waals surface area contributed by atoms with Gasteiger partial charge in [-0.1, -0.05) is 11.7 Å². The van der Waals surface area contributed by atoms with Crippen LogP contribution in [0.25, 0.3) is 0 Å². The first-order valence-electron chi connectivity index (χ1n) is 5.04. The predicted molar refractivity (Wildman–Crippen MR) is 70.9 cm³/mol. The van der Waals surface area contributed by atoms with Gasteiger partial charge in [-0.3, -0.25) is 0 Å². The average molecular weight is 281 g/mol. The van der Waals surface area contributed by atoms with Crippen LogP contribution in [0.1, 0.15) is 41.5 Å². The second kappa shape index (κ2) is 5.86. The molecule has 0 fully saturated rings. The Balaban J connectivity index is 4.62. The Morgan fingerprint density at radius 2 is 1.24 bits per heavy atom. The fraction of sp³-hybridized carbons (Fsp3) is 0.800. The molecule has 0 aliphatic rings. The summed E-state index contributed by atoms with van der Waals surface area (Å²) < 4.78 is 10.8. The van der Waals surface area contributed by atoms with Gasteiger partial charge in [-0.05, 0) is 41.5 Å². The van der Waals surface area contributed by atoms with Gasteiger partial charge in [0.15, 0.2) is 0 Å². The fourth-order valence-electron chi connectivity index (χ4n) is 0.748. The summed E-state index contributed by atoms with van der Waals surface area (Å²) in [5.41, 5.74) is -1.36. The van der Waals surface area contributed by atoms with Crippen LogP contribution in [-0.2, 0) is 9.47 Å². The first-order chi connectivity index (χ1) is 7.46. The largest absolute Gasteiger partial charge is 0.443 e. The smallest absolute Gasteiger partial charge is 0.430 e. The number of carbonyl (C=O) groups is 2. The number of hydrogen-bond acceptors (Lipinski definition) is 6. The average Bonchev–Trinajstić information content (AvgIpc) is 1.96. The van der Waals surface area contributed by atoms with Crippen molar-refractivity contribution in [1.29, 1.82) is 0 Å². The standard InChI is InChI=1S/C10H19NO4S2/c1-9(2,3)14-7(12)11(17-16)8(13)15-10(4,5)6/h16H,1-6H3. The molecular formula is C10H19NO4S2. The Bertz CT molecular complexity index is 266. The maximum absolute atomic E-state index is 11.7. The number of ether oxygens (including phenoxy) is 2. The molecule has 0 saturated heterocycles. The molecule has 0 heterocycles. The van der Waals surface area contributed by atoms with Crippen molar-refractivity contribution in [1.82, 2.24) is 4.31 Å². The molecule has 7 heteroatoms. The first-order valence-corrected chi connectivity index (χ1v) is 6.86. The van der Waals surface area contributed by atoms with E-state index in [-0.39, 0.29) is 0 Å². The van der Waals surface area contributed by atoms with Gasteiger partial charge >= 0.3 is 12.2 Å². The summed E-state index contributed by atoms with van der Waals surface area (Å²) in [6.45, 7) is 10.3. The van der Waals surface area contributed by atoms with E-state index in [1.165, 1.54) is 0 Å². The lowest BCUT2D eigenvalue weighted by Crippen LogP contribution is -2.39. The lowest BCUT2D eigenvalue weighted by atomic mass is 10.2. The molecule has 0 aliphatic carbocycles. The summed E-state index contributed by atoms with van der Waals surface area (Å²) in [6, 6.07) is 0. The molecule has 0 aromatic heterocycles. The Hall–Kier alpha value is -0.560. The third kappa shape index (κ3) is 7.38. The van der Waals surface area contributed by atoms with Crippen LogP contribution in [0.15, 0.2) is 0 Å². The Labute approximate surface area is 111 Å². The van der Waals surface area contributed by atoms with Gasteiger partial charge in [0.05, 0.1) is 0 Å². The van der Waals surface area contributed by atoms with Crippen LogP contribution in [0.3, 0.4) is 0 Å². The molecule has 0 radical (unpaired) electrons. The van der Waals surface area contributed by atoms with Crippen LogP contribution in [0.5, 0.6) is 0 Å². The second-order valence-corrected chi connectivity index (χ2v) is 6.36. The molecule has 17 heavy (non-hydrogen) atoms. The van der Waals surface area contributed by atoms with E-state index in [0.29, 0.717) is 11.0 Å².